The van der Waals surface area contributed by atoms with E-state index in [0.717, 1.165) is 6.07 Å². The molecule has 0 unspecified atom stereocenters. The van der Waals surface area contributed by atoms with Crippen molar-refractivity contribution in [3.8, 4) is 11.3 Å². The number of aliphatic hydroxyl groups excluding tert-OH is 1. The first-order valence-corrected chi connectivity index (χ1v) is 9.35. The van der Waals surface area contributed by atoms with Gasteiger partial charge in [-0.1, -0.05) is 30.3 Å². The highest BCUT2D eigenvalue weighted by atomic mass is 19.2. The molecule has 0 aliphatic carbocycles. The third-order valence-corrected chi connectivity index (χ3v) is 5.17. The molecule has 1 saturated heterocycles. The normalized spacial score (nSPS) is 18.6. The van der Waals surface area contributed by atoms with Gasteiger partial charge >= 0.3 is 0 Å². The second-order valence-electron chi connectivity index (χ2n) is 7.11. The SMILES string of the molecule is O=C(CCc1c(-c2ccccc2)[nH]c2c(F)c(F)c(F)cc12)N[C@@H]1C(=O)NC[C@H]1O. The molecule has 2 atom stereocenters. The Hall–Kier alpha value is -3.33. The maximum atomic E-state index is 14.3. The van der Waals surface area contributed by atoms with Crippen molar-refractivity contribution in [1.82, 2.24) is 15.6 Å². The fourth-order valence-electron chi connectivity index (χ4n) is 3.65. The third-order valence-electron chi connectivity index (χ3n) is 5.17. The second-order valence-corrected chi connectivity index (χ2v) is 7.11. The standard InChI is InChI=1S/C21H18F3N3O3/c22-13-8-12-11(6-7-15(29)26-20-14(28)9-25-21(20)30)18(10-4-2-1-3-5-10)27-19(12)17(24)16(13)23/h1-5,8,14,20,27-28H,6-7,9H2,(H,25,30)(H,26,29)/t14-,20+/m1/s1. The number of hydrogen-bond donors (Lipinski definition) is 4. The first kappa shape index (κ1) is 20.0. The molecule has 1 aliphatic heterocycles. The zero-order chi connectivity index (χ0) is 21.4. The molecule has 0 radical (unpaired) electrons. The van der Waals surface area contributed by atoms with E-state index in [4.69, 9.17) is 0 Å². The summed E-state index contributed by atoms with van der Waals surface area (Å²) in [6, 6.07) is 8.66. The molecule has 2 heterocycles. The van der Waals surface area contributed by atoms with Crippen LogP contribution in [0.1, 0.15) is 12.0 Å². The zero-order valence-electron chi connectivity index (χ0n) is 15.6. The van der Waals surface area contributed by atoms with Gasteiger partial charge in [0, 0.05) is 24.0 Å². The molecule has 0 saturated carbocycles. The van der Waals surface area contributed by atoms with Gasteiger partial charge in [-0.2, -0.15) is 0 Å². The summed E-state index contributed by atoms with van der Waals surface area (Å²) in [6.07, 6.45) is -1.06. The van der Waals surface area contributed by atoms with E-state index in [1.54, 1.807) is 30.3 Å². The van der Waals surface area contributed by atoms with E-state index < -0.39 is 41.4 Å². The van der Waals surface area contributed by atoms with Crippen LogP contribution in [0.25, 0.3) is 22.2 Å². The number of aromatic nitrogens is 1. The van der Waals surface area contributed by atoms with Crippen LogP contribution in [-0.4, -0.2) is 40.6 Å². The molecule has 1 aliphatic rings. The van der Waals surface area contributed by atoms with Gasteiger partial charge in [0.25, 0.3) is 0 Å². The molecule has 0 bridgehead atoms. The smallest absolute Gasteiger partial charge is 0.245 e. The molecule has 2 amide bonds. The first-order valence-electron chi connectivity index (χ1n) is 9.35. The zero-order valence-corrected chi connectivity index (χ0v) is 15.6. The Labute approximate surface area is 169 Å². The van der Waals surface area contributed by atoms with E-state index in [2.05, 4.69) is 15.6 Å². The fourth-order valence-corrected chi connectivity index (χ4v) is 3.65. The van der Waals surface area contributed by atoms with Crippen LogP contribution >= 0.6 is 0 Å². The minimum Gasteiger partial charge on any atom is -0.389 e. The van der Waals surface area contributed by atoms with Crippen molar-refractivity contribution >= 4 is 22.7 Å². The number of fused-ring (bicyclic) bond motifs is 1. The number of amides is 2. The molecule has 3 aromatic rings. The van der Waals surface area contributed by atoms with Gasteiger partial charge in [0.1, 0.15) is 12.1 Å². The number of hydrogen-bond acceptors (Lipinski definition) is 3. The van der Waals surface area contributed by atoms with E-state index in [9.17, 15) is 27.9 Å². The van der Waals surface area contributed by atoms with Gasteiger partial charge < -0.3 is 20.7 Å². The lowest BCUT2D eigenvalue weighted by molar-refractivity contribution is -0.128. The topological polar surface area (TPSA) is 94.2 Å². The Morgan fingerprint density at radius 3 is 2.57 bits per heavy atom. The quantitative estimate of drug-likeness (QED) is 0.480. The number of aromatic amines is 1. The molecule has 4 rings (SSSR count). The molecule has 0 spiro atoms. The van der Waals surface area contributed by atoms with Gasteiger partial charge in [0.05, 0.1) is 5.52 Å². The van der Waals surface area contributed by atoms with Crippen molar-refractivity contribution < 1.29 is 27.9 Å². The Kier molecular flexibility index (Phi) is 5.21. The second kappa shape index (κ2) is 7.83. The molecule has 9 heteroatoms. The van der Waals surface area contributed by atoms with Gasteiger partial charge in [0.2, 0.25) is 11.8 Å². The highest BCUT2D eigenvalue weighted by molar-refractivity contribution is 5.93. The van der Waals surface area contributed by atoms with Gasteiger partial charge in [-0.3, -0.25) is 9.59 Å². The molecule has 2 aromatic carbocycles. The van der Waals surface area contributed by atoms with Crippen molar-refractivity contribution in [3.63, 3.8) is 0 Å². The number of H-pyrrole nitrogens is 1. The van der Waals surface area contributed by atoms with Crippen molar-refractivity contribution in [1.29, 1.82) is 0 Å². The summed E-state index contributed by atoms with van der Waals surface area (Å²) in [5.41, 5.74) is 1.37. The molecule has 156 valence electrons. The minimum atomic E-state index is -1.58. The number of carbonyl (C=O) groups excluding carboxylic acids is 2. The largest absolute Gasteiger partial charge is 0.389 e. The van der Waals surface area contributed by atoms with Crippen LogP contribution in [0.2, 0.25) is 0 Å². The molecule has 1 aromatic heterocycles. The van der Waals surface area contributed by atoms with Gasteiger partial charge in [0.15, 0.2) is 17.5 Å². The number of carbonyl (C=O) groups is 2. The number of halogens is 3. The lowest BCUT2D eigenvalue weighted by Gasteiger charge is -2.13. The Balaban J connectivity index is 1.66. The number of aliphatic hydroxyl groups is 1. The van der Waals surface area contributed by atoms with E-state index in [-0.39, 0.29) is 30.3 Å². The molecular weight excluding hydrogens is 399 g/mol. The maximum absolute atomic E-state index is 14.3. The average Bonchev–Trinajstić information content (AvgIpc) is 3.26. The maximum Gasteiger partial charge on any atom is 0.245 e. The van der Waals surface area contributed by atoms with Crippen LogP contribution in [0, 0.1) is 17.5 Å². The Bertz CT molecular complexity index is 1130. The first-order chi connectivity index (χ1) is 14.4. The van der Waals surface area contributed by atoms with E-state index in [1.807, 2.05) is 0 Å². The molecule has 1 fully saturated rings. The van der Waals surface area contributed by atoms with Crippen LogP contribution in [0.5, 0.6) is 0 Å². The third kappa shape index (κ3) is 3.52. The number of aryl methyl sites for hydroxylation is 1. The summed E-state index contributed by atoms with van der Waals surface area (Å²) in [4.78, 5) is 26.8. The summed E-state index contributed by atoms with van der Waals surface area (Å²) in [7, 11) is 0. The highest BCUT2D eigenvalue weighted by Crippen LogP contribution is 2.34. The number of nitrogens with one attached hydrogen (secondary N) is 3. The predicted octanol–water partition coefficient (Wildman–Crippen LogP) is 2.16. The number of rotatable bonds is 5. The monoisotopic (exact) mass is 417 g/mol. The number of β-amino-alcohol motifs (C(OH)–C–C–N with tert-alkyl or cyclic N) is 1. The Morgan fingerprint density at radius 2 is 1.90 bits per heavy atom. The molecular formula is C21H18F3N3O3. The fraction of sp³-hybridized carbons (Fsp3) is 0.238. The molecule has 30 heavy (non-hydrogen) atoms. The van der Waals surface area contributed by atoms with Crippen LogP contribution in [0.15, 0.2) is 36.4 Å². The van der Waals surface area contributed by atoms with Crippen LogP contribution in [0.4, 0.5) is 13.2 Å². The summed E-state index contributed by atoms with van der Waals surface area (Å²) in [6.45, 7) is 0.0501. The van der Waals surface area contributed by atoms with Crippen LogP contribution in [-0.2, 0) is 16.0 Å². The van der Waals surface area contributed by atoms with E-state index >= 15 is 0 Å². The van der Waals surface area contributed by atoms with Gasteiger partial charge in [-0.25, -0.2) is 13.2 Å². The lowest BCUT2D eigenvalue weighted by atomic mass is 10.0. The van der Waals surface area contributed by atoms with E-state index in [0.29, 0.717) is 16.8 Å². The van der Waals surface area contributed by atoms with Crippen molar-refractivity contribution in [3.05, 3.63) is 59.4 Å². The molecule has 6 nitrogen and oxygen atoms in total. The summed E-state index contributed by atoms with van der Waals surface area (Å²) in [5.74, 6) is -5.22. The highest BCUT2D eigenvalue weighted by Gasteiger charge is 2.34. The minimum absolute atomic E-state index is 0.0501. The van der Waals surface area contributed by atoms with E-state index in [1.165, 1.54) is 0 Å². The van der Waals surface area contributed by atoms with Crippen LogP contribution < -0.4 is 10.6 Å². The van der Waals surface area contributed by atoms with Crippen molar-refractivity contribution in [2.75, 3.05) is 6.54 Å². The van der Waals surface area contributed by atoms with Gasteiger partial charge in [-0.15, -0.1) is 0 Å². The Morgan fingerprint density at radius 1 is 1.17 bits per heavy atom. The average molecular weight is 417 g/mol. The summed E-state index contributed by atoms with van der Waals surface area (Å²) in [5, 5.41) is 14.8. The number of benzene rings is 2. The van der Waals surface area contributed by atoms with Crippen molar-refractivity contribution in [2.45, 2.75) is 25.0 Å². The lowest BCUT2D eigenvalue weighted by Crippen LogP contribution is -2.45. The van der Waals surface area contributed by atoms with Crippen molar-refractivity contribution in [2.24, 2.45) is 0 Å². The predicted molar refractivity (Wildman–Crippen MR) is 103 cm³/mol. The summed E-state index contributed by atoms with van der Waals surface area (Å²) >= 11 is 0. The molecule has 4 N–H and O–H groups in total. The van der Waals surface area contributed by atoms with Crippen LogP contribution in [0.3, 0.4) is 0 Å². The van der Waals surface area contributed by atoms with Gasteiger partial charge in [-0.05, 0) is 23.6 Å². The summed E-state index contributed by atoms with van der Waals surface area (Å²) < 4.78 is 41.9.